The summed E-state index contributed by atoms with van der Waals surface area (Å²) in [6.45, 7) is 7.37. The fraction of sp³-hybridized carbons (Fsp3) is 0.462. The van der Waals surface area contributed by atoms with Gasteiger partial charge in [-0.25, -0.2) is 4.79 Å². The van der Waals surface area contributed by atoms with Crippen LogP contribution >= 0.6 is 0 Å². The average molecular weight is 451 g/mol. The Bertz CT molecular complexity index is 1130. The maximum absolute atomic E-state index is 13.0. The Balaban J connectivity index is 1.36. The first-order chi connectivity index (χ1) is 16.1. The number of carbonyl (C=O) groups is 1. The standard InChI is InChI=1S/C26H34N4O3/c1-3-14-29-23-7-4-5-8-24(23)30(26(29)32)17-13-25(31)28-16-6-15-27(18-19-28)20-21-9-11-22(33-2)12-10-21/h4-5,7-12H,3,6,13-20H2,1-2H3. The number of methoxy groups -OCH3 is 1. The smallest absolute Gasteiger partial charge is 0.329 e. The van der Waals surface area contributed by atoms with Crippen molar-refractivity contribution in [3.63, 3.8) is 0 Å². The molecule has 1 aliphatic heterocycles. The SMILES string of the molecule is CCCn1c(=O)n(CCC(=O)N2CCCN(Cc3ccc(OC)cc3)CC2)c2ccccc21. The Kier molecular flexibility index (Phi) is 7.50. The minimum atomic E-state index is -0.0209. The monoisotopic (exact) mass is 450 g/mol. The number of nitrogens with zero attached hydrogens (tertiary/aromatic N) is 4. The zero-order valence-electron chi connectivity index (χ0n) is 19.7. The van der Waals surface area contributed by atoms with Crippen LogP contribution in [0.3, 0.4) is 0 Å². The molecule has 1 fully saturated rings. The number of hydrogen-bond donors (Lipinski definition) is 0. The van der Waals surface area contributed by atoms with Crippen molar-refractivity contribution in [3.8, 4) is 5.75 Å². The molecule has 3 aromatic rings. The van der Waals surface area contributed by atoms with Gasteiger partial charge in [0.1, 0.15) is 5.75 Å². The minimum Gasteiger partial charge on any atom is -0.497 e. The van der Waals surface area contributed by atoms with Gasteiger partial charge in [-0.2, -0.15) is 0 Å². The van der Waals surface area contributed by atoms with Gasteiger partial charge in [-0.1, -0.05) is 31.2 Å². The molecule has 33 heavy (non-hydrogen) atoms. The lowest BCUT2D eigenvalue weighted by Crippen LogP contribution is -2.36. The number of imidazole rings is 1. The van der Waals surface area contributed by atoms with Crippen molar-refractivity contribution in [1.29, 1.82) is 0 Å². The van der Waals surface area contributed by atoms with Crippen molar-refractivity contribution in [2.75, 3.05) is 33.3 Å². The van der Waals surface area contributed by atoms with Gasteiger partial charge in [-0.3, -0.25) is 18.8 Å². The first-order valence-electron chi connectivity index (χ1n) is 11.9. The maximum atomic E-state index is 13.0. The van der Waals surface area contributed by atoms with E-state index in [1.807, 2.05) is 45.9 Å². The van der Waals surface area contributed by atoms with E-state index in [1.165, 1.54) is 5.56 Å². The van der Waals surface area contributed by atoms with Crippen LogP contribution in [0.1, 0.15) is 31.7 Å². The average Bonchev–Trinajstić information content (AvgIpc) is 2.97. The second-order valence-electron chi connectivity index (χ2n) is 8.68. The predicted octanol–water partition coefficient (Wildman–Crippen LogP) is 3.35. The van der Waals surface area contributed by atoms with Gasteiger partial charge in [0.25, 0.3) is 0 Å². The van der Waals surface area contributed by atoms with Crippen molar-refractivity contribution in [1.82, 2.24) is 18.9 Å². The predicted molar refractivity (Wildman–Crippen MR) is 131 cm³/mol. The lowest BCUT2D eigenvalue weighted by Gasteiger charge is -2.22. The number of hydrogen-bond acceptors (Lipinski definition) is 4. The Hall–Kier alpha value is -3.06. The van der Waals surface area contributed by atoms with Crippen LogP contribution in [0.15, 0.2) is 53.3 Å². The van der Waals surface area contributed by atoms with Crippen LogP contribution in [-0.4, -0.2) is 58.1 Å². The summed E-state index contributed by atoms with van der Waals surface area (Å²) in [5.74, 6) is 0.990. The van der Waals surface area contributed by atoms with E-state index >= 15 is 0 Å². The highest BCUT2D eigenvalue weighted by Crippen LogP contribution is 2.16. The molecule has 0 N–H and O–H groups in total. The number of amides is 1. The summed E-state index contributed by atoms with van der Waals surface area (Å²) in [5, 5.41) is 0. The normalized spacial score (nSPS) is 15.0. The van der Waals surface area contributed by atoms with E-state index in [0.29, 0.717) is 19.5 Å². The van der Waals surface area contributed by atoms with Gasteiger partial charge in [0, 0.05) is 52.2 Å². The fourth-order valence-electron chi connectivity index (χ4n) is 4.66. The molecule has 1 aliphatic rings. The van der Waals surface area contributed by atoms with Gasteiger partial charge in [0.2, 0.25) is 5.91 Å². The second kappa shape index (κ2) is 10.7. The Morgan fingerprint density at radius 1 is 0.909 bits per heavy atom. The Morgan fingerprint density at radius 2 is 1.61 bits per heavy atom. The maximum Gasteiger partial charge on any atom is 0.329 e. The summed E-state index contributed by atoms with van der Waals surface area (Å²) < 4.78 is 8.82. The van der Waals surface area contributed by atoms with E-state index in [9.17, 15) is 9.59 Å². The van der Waals surface area contributed by atoms with E-state index in [1.54, 1.807) is 11.7 Å². The highest BCUT2D eigenvalue weighted by Gasteiger charge is 2.20. The molecule has 2 aromatic carbocycles. The van der Waals surface area contributed by atoms with E-state index in [-0.39, 0.29) is 11.6 Å². The number of fused-ring (bicyclic) bond motifs is 1. The molecular weight excluding hydrogens is 416 g/mol. The molecule has 1 saturated heterocycles. The molecule has 176 valence electrons. The molecule has 0 unspecified atom stereocenters. The summed E-state index contributed by atoms with van der Waals surface area (Å²) in [4.78, 5) is 30.3. The summed E-state index contributed by atoms with van der Waals surface area (Å²) in [5.41, 5.74) is 3.08. The van der Waals surface area contributed by atoms with Gasteiger partial charge < -0.3 is 9.64 Å². The number of carbonyl (C=O) groups excluding carboxylic acids is 1. The Morgan fingerprint density at radius 3 is 2.27 bits per heavy atom. The van der Waals surface area contributed by atoms with Crippen LogP contribution in [0, 0.1) is 0 Å². The van der Waals surface area contributed by atoms with Gasteiger partial charge >= 0.3 is 5.69 Å². The highest BCUT2D eigenvalue weighted by molar-refractivity contribution is 5.78. The first kappa shape index (κ1) is 23.1. The molecule has 0 radical (unpaired) electrons. The van der Waals surface area contributed by atoms with Gasteiger partial charge in [-0.15, -0.1) is 0 Å². The molecule has 1 aromatic heterocycles. The third-order valence-electron chi connectivity index (χ3n) is 6.43. The molecule has 0 saturated carbocycles. The third-order valence-corrected chi connectivity index (χ3v) is 6.43. The summed E-state index contributed by atoms with van der Waals surface area (Å²) in [7, 11) is 1.68. The number of rotatable bonds is 8. The molecule has 0 aliphatic carbocycles. The summed E-state index contributed by atoms with van der Waals surface area (Å²) in [6, 6.07) is 16.0. The summed E-state index contributed by atoms with van der Waals surface area (Å²) in [6.07, 6.45) is 2.20. The van der Waals surface area contributed by atoms with Crippen molar-refractivity contribution in [2.45, 2.75) is 45.8 Å². The van der Waals surface area contributed by atoms with Gasteiger partial charge in [-0.05, 0) is 42.7 Å². The molecule has 0 spiro atoms. The van der Waals surface area contributed by atoms with Gasteiger partial charge in [0.05, 0.1) is 18.1 Å². The number of ether oxygens (including phenoxy) is 1. The second-order valence-corrected chi connectivity index (χ2v) is 8.68. The molecule has 0 atom stereocenters. The first-order valence-corrected chi connectivity index (χ1v) is 11.9. The largest absolute Gasteiger partial charge is 0.497 e. The molecule has 7 heteroatoms. The molecule has 7 nitrogen and oxygen atoms in total. The van der Waals surface area contributed by atoms with Crippen molar-refractivity contribution < 1.29 is 9.53 Å². The number of aromatic nitrogens is 2. The van der Waals surface area contributed by atoms with Crippen molar-refractivity contribution in [3.05, 3.63) is 64.6 Å². The lowest BCUT2D eigenvalue weighted by molar-refractivity contribution is -0.131. The number of benzene rings is 2. The van der Waals surface area contributed by atoms with E-state index in [4.69, 9.17) is 4.74 Å². The number of para-hydroxylation sites is 2. The van der Waals surface area contributed by atoms with Crippen LogP contribution in [0.4, 0.5) is 0 Å². The van der Waals surface area contributed by atoms with Gasteiger partial charge in [0.15, 0.2) is 0 Å². The topological polar surface area (TPSA) is 59.7 Å². The molecule has 4 rings (SSSR count). The van der Waals surface area contributed by atoms with Crippen LogP contribution in [0.2, 0.25) is 0 Å². The quantitative estimate of drug-likeness (QED) is 0.528. The van der Waals surface area contributed by atoms with E-state index < -0.39 is 0 Å². The van der Waals surface area contributed by atoms with Crippen LogP contribution in [0.5, 0.6) is 5.75 Å². The Labute approximate surface area is 195 Å². The number of aryl methyl sites for hydroxylation is 2. The van der Waals surface area contributed by atoms with Crippen LogP contribution in [0.25, 0.3) is 11.0 Å². The van der Waals surface area contributed by atoms with Crippen LogP contribution < -0.4 is 10.4 Å². The van der Waals surface area contributed by atoms with Crippen molar-refractivity contribution >= 4 is 16.9 Å². The lowest BCUT2D eigenvalue weighted by atomic mass is 10.2. The molecule has 1 amide bonds. The molecule has 0 bridgehead atoms. The molecular formula is C26H34N4O3. The highest BCUT2D eigenvalue weighted by atomic mass is 16.5. The van der Waals surface area contributed by atoms with E-state index in [0.717, 1.165) is 62.3 Å². The minimum absolute atomic E-state index is 0.0209. The zero-order valence-corrected chi connectivity index (χ0v) is 19.7. The summed E-state index contributed by atoms with van der Waals surface area (Å²) >= 11 is 0. The van der Waals surface area contributed by atoms with E-state index in [2.05, 4.69) is 24.0 Å². The fourth-order valence-corrected chi connectivity index (χ4v) is 4.66. The van der Waals surface area contributed by atoms with Crippen LogP contribution in [-0.2, 0) is 24.4 Å². The molecule has 2 heterocycles. The zero-order chi connectivity index (χ0) is 23.2. The van der Waals surface area contributed by atoms with Crippen molar-refractivity contribution in [2.24, 2.45) is 0 Å². The third kappa shape index (κ3) is 5.30.